The summed E-state index contributed by atoms with van der Waals surface area (Å²) in [4.78, 5) is 45.9. The zero-order valence-corrected chi connectivity index (χ0v) is 21.8. The number of amides is 2. The van der Waals surface area contributed by atoms with Gasteiger partial charge in [0.15, 0.2) is 4.96 Å². The number of carbonyl (C=O) groups excluding carboxylic acids is 2. The maximum absolute atomic E-state index is 14.1. The largest absolute Gasteiger partial charge is 0.497 e. The Bertz CT molecular complexity index is 1870. The monoisotopic (exact) mass is 538 g/mol. The molecule has 0 bridgehead atoms. The van der Waals surface area contributed by atoms with Gasteiger partial charge >= 0.3 is 0 Å². The standard InChI is InChI=1S/C29H22N4O5S/c1-37-18-11-7-16(8-12-18)24-25(17-9-13-19(38-2)14-10-17)33-28(36)26(39-29(33)31-24)23-20-5-3-4-6-21(20)32(27(23)35)15-22(30)34/h3-14H,15H2,1-2H3,(H2,30,34)/b26-23-. The molecule has 2 aromatic heterocycles. The van der Waals surface area contributed by atoms with Crippen LogP contribution >= 0.6 is 11.3 Å². The van der Waals surface area contributed by atoms with Crippen molar-refractivity contribution in [2.24, 2.45) is 5.73 Å². The van der Waals surface area contributed by atoms with Crippen LogP contribution in [-0.4, -0.2) is 42.0 Å². The molecule has 0 saturated carbocycles. The van der Waals surface area contributed by atoms with E-state index in [1.165, 1.54) is 4.90 Å². The fourth-order valence-electron chi connectivity index (χ4n) is 4.83. The van der Waals surface area contributed by atoms with Crippen molar-refractivity contribution in [1.82, 2.24) is 9.38 Å². The molecule has 1 aliphatic rings. The Kier molecular flexibility index (Phi) is 5.88. The van der Waals surface area contributed by atoms with E-state index in [9.17, 15) is 14.4 Å². The summed E-state index contributed by atoms with van der Waals surface area (Å²) < 4.78 is 12.4. The number of rotatable bonds is 6. The number of para-hydroxylation sites is 1. The molecule has 39 heavy (non-hydrogen) atoms. The molecule has 3 heterocycles. The van der Waals surface area contributed by atoms with E-state index in [0.29, 0.717) is 39.1 Å². The van der Waals surface area contributed by atoms with E-state index in [2.05, 4.69) is 0 Å². The quantitative estimate of drug-likeness (QED) is 0.356. The van der Waals surface area contributed by atoms with Crippen molar-refractivity contribution in [3.05, 3.63) is 93.2 Å². The summed E-state index contributed by atoms with van der Waals surface area (Å²) in [6.07, 6.45) is 0. The molecule has 9 nitrogen and oxygen atoms in total. The molecule has 0 aliphatic carbocycles. The van der Waals surface area contributed by atoms with Gasteiger partial charge in [-0.15, -0.1) is 0 Å². The number of fused-ring (bicyclic) bond motifs is 2. The van der Waals surface area contributed by atoms with Gasteiger partial charge in [0, 0.05) is 16.7 Å². The second kappa shape index (κ2) is 9.41. The maximum Gasteiger partial charge on any atom is 0.275 e. The first kappa shape index (κ1) is 24.4. The van der Waals surface area contributed by atoms with Crippen LogP contribution in [0.15, 0.2) is 77.6 Å². The molecule has 1 aliphatic heterocycles. The summed E-state index contributed by atoms with van der Waals surface area (Å²) in [5.41, 5.74) is 9.18. The molecule has 0 saturated heterocycles. The Balaban J connectivity index is 1.64. The second-order valence-electron chi connectivity index (χ2n) is 8.87. The van der Waals surface area contributed by atoms with Crippen molar-refractivity contribution in [3.63, 3.8) is 0 Å². The number of hydrogen-bond acceptors (Lipinski definition) is 7. The molecular formula is C29H22N4O5S. The molecule has 3 aromatic carbocycles. The molecule has 10 heteroatoms. The van der Waals surface area contributed by atoms with Gasteiger partial charge in [-0.2, -0.15) is 0 Å². The molecule has 5 aromatic rings. The van der Waals surface area contributed by atoms with E-state index in [0.717, 1.165) is 22.5 Å². The SMILES string of the molecule is COc1ccc(-c2nc3s/c(=C4\C(=O)N(CC(N)=O)c5ccccc54)c(=O)n3c2-c2ccc(OC)cc2)cc1. The van der Waals surface area contributed by atoms with Crippen LogP contribution in [0.5, 0.6) is 11.5 Å². The third-order valence-corrected chi connectivity index (χ3v) is 7.67. The Morgan fingerprint density at radius 3 is 2.13 bits per heavy atom. The highest BCUT2D eigenvalue weighted by Crippen LogP contribution is 2.37. The van der Waals surface area contributed by atoms with Gasteiger partial charge in [0.1, 0.15) is 22.6 Å². The summed E-state index contributed by atoms with van der Waals surface area (Å²) >= 11 is 1.14. The highest BCUT2D eigenvalue weighted by molar-refractivity contribution is 7.15. The average Bonchev–Trinajstić information content (AvgIpc) is 3.57. The third-order valence-electron chi connectivity index (χ3n) is 6.63. The highest BCUT2D eigenvalue weighted by atomic mass is 32.1. The number of nitrogens with two attached hydrogens (primary N) is 1. The lowest BCUT2D eigenvalue weighted by Gasteiger charge is -2.14. The number of methoxy groups -OCH3 is 2. The smallest absolute Gasteiger partial charge is 0.275 e. The van der Waals surface area contributed by atoms with Crippen molar-refractivity contribution in [2.45, 2.75) is 0 Å². The van der Waals surface area contributed by atoms with Crippen molar-refractivity contribution in [1.29, 1.82) is 0 Å². The van der Waals surface area contributed by atoms with E-state index >= 15 is 0 Å². The van der Waals surface area contributed by atoms with Gasteiger partial charge in [0.05, 0.1) is 36.9 Å². The molecule has 0 fully saturated rings. The first-order valence-electron chi connectivity index (χ1n) is 12.0. The van der Waals surface area contributed by atoms with Gasteiger partial charge < -0.3 is 15.2 Å². The van der Waals surface area contributed by atoms with Crippen molar-refractivity contribution < 1.29 is 19.1 Å². The van der Waals surface area contributed by atoms with Crippen LogP contribution in [-0.2, 0) is 9.59 Å². The van der Waals surface area contributed by atoms with Crippen molar-refractivity contribution in [3.8, 4) is 34.0 Å². The lowest BCUT2D eigenvalue weighted by Crippen LogP contribution is -2.37. The van der Waals surface area contributed by atoms with Gasteiger partial charge in [-0.3, -0.25) is 19.3 Å². The summed E-state index contributed by atoms with van der Waals surface area (Å²) in [6, 6.07) is 21.9. The minimum Gasteiger partial charge on any atom is -0.497 e. The average molecular weight is 539 g/mol. The topological polar surface area (TPSA) is 116 Å². The molecular weight excluding hydrogens is 516 g/mol. The molecule has 2 amide bonds. The normalized spacial score (nSPS) is 14.1. The van der Waals surface area contributed by atoms with Crippen LogP contribution in [0.3, 0.4) is 0 Å². The lowest BCUT2D eigenvalue weighted by atomic mass is 10.0. The minimum absolute atomic E-state index is 0.235. The van der Waals surface area contributed by atoms with Gasteiger partial charge in [-0.1, -0.05) is 29.5 Å². The van der Waals surface area contributed by atoms with Gasteiger partial charge in [-0.25, -0.2) is 9.38 Å². The number of ether oxygens (including phenoxy) is 2. The molecule has 0 spiro atoms. The molecule has 0 unspecified atom stereocenters. The van der Waals surface area contributed by atoms with Crippen LogP contribution in [0.25, 0.3) is 33.0 Å². The summed E-state index contributed by atoms with van der Waals surface area (Å²) in [5.74, 6) is 0.289. The van der Waals surface area contributed by atoms with Crippen LogP contribution in [0.1, 0.15) is 5.56 Å². The molecule has 2 N–H and O–H groups in total. The number of hydrogen-bond donors (Lipinski definition) is 1. The number of anilines is 1. The van der Waals surface area contributed by atoms with Gasteiger partial charge in [-0.05, 0) is 54.6 Å². The van der Waals surface area contributed by atoms with E-state index < -0.39 is 11.8 Å². The number of imidazole rings is 1. The van der Waals surface area contributed by atoms with Crippen molar-refractivity contribution in [2.75, 3.05) is 25.7 Å². The predicted molar refractivity (Wildman–Crippen MR) is 149 cm³/mol. The first-order chi connectivity index (χ1) is 18.9. The predicted octanol–water partition coefficient (Wildman–Crippen LogP) is 2.86. The Morgan fingerprint density at radius 2 is 1.51 bits per heavy atom. The molecule has 0 radical (unpaired) electrons. The van der Waals surface area contributed by atoms with E-state index in [4.69, 9.17) is 20.2 Å². The zero-order chi connectivity index (χ0) is 27.3. The Labute approximate surface area is 226 Å². The number of benzene rings is 3. The minimum atomic E-state index is -0.645. The molecule has 6 rings (SSSR count). The van der Waals surface area contributed by atoms with Gasteiger partial charge in [0.25, 0.3) is 11.5 Å². The number of nitrogens with zero attached hydrogens (tertiary/aromatic N) is 3. The summed E-state index contributed by atoms with van der Waals surface area (Å²) in [7, 11) is 3.19. The van der Waals surface area contributed by atoms with E-state index in [1.54, 1.807) is 42.9 Å². The van der Waals surface area contributed by atoms with Crippen LogP contribution in [0.4, 0.5) is 5.69 Å². The Hall–Kier alpha value is -4.96. The first-order valence-corrected chi connectivity index (χ1v) is 12.8. The highest BCUT2D eigenvalue weighted by Gasteiger charge is 2.35. The lowest BCUT2D eigenvalue weighted by molar-refractivity contribution is -0.119. The van der Waals surface area contributed by atoms with Crippen LogP contribution < -0.4 is 30.2 Å². The zero-order valence-electron chi connectivity index (χ0n) is 21.0. The second-order valence-corrected chi connectivity index (χ2v) is 9.85. The van der Waals surface area contributed by atoms with E-state index in [-0.39, 0.29) is 22.2 Å². The fourth-order valence-corrected chi connectivity index (χ4v) is 5.89. The summed E-state index contributed by atoms with van der Waals surface area (Å²) in [6.45, 7) is -0.283. The summed E-state index contributed by atoms with van der Waals surface area (Å²) in [5, 5.41) is 0. The fraction of sp³-hybridized carbons (Fsp3) is 0.103. The number of aromatic nitrogens is 2. The number of thiazole rings is 1. The maximum atomic E-state index is 14.1. The molecule has 0 atom stereocenters. The third kappa shape index (κ3) is 3.93. The number of primary amides is 1. The van der Waals surface area contributed by atoms with Crippen LogP contribution in [0, 0.1) is 0 Å². The van der Waals surface area contributed by atoms with E-state index in [1.807, 2.05) is 48.5 Å². The molecule has 194 valence electrons. The van der Waals surface area contributed by atoms with Gasteiger partial charge in [0.2, 0.25) is 5.91 Å². The van der Waals surface area contributed by atoms with Crippen molar-refractivity contribution >= 4 is 39.4 Å². The van der Waals surface area contributed by atoms with Crippen LogP contribution in [0.2, 0.25) is 0 Å². The number of carbonyl (C=O) groups is 2. The Morgan fingerprint density at radius 1 is 0.897 bits per heavy atom.